The van der Waals surface area contributed by atoms with Gasteiger partial charge in [0, 0.05) is 23.0 Å². The molecule has 0 fully saturated rings. The van der Waals surface area contributed by atoms with Gasteiger partial charge in [-0.05, 0) is 50.6 Å². The van der Waals surface area contributed by atoms with Crippen LogP contribution in [0.15, 0.2) is 36.5 Å². The highest BCUT2D eigenvalue weighted by Gasteiger charge is 2.08. The molecule has 2 rings (SSSR count). The molecule has 0 spiro atoms. The summed E-state index contributed by atoms with van der Waals surface area (Å²) in [5.41, 5.74) is 3.36. The first kappa shape index (κ1) is 13.3. The van der Waals surface area contributed by atoms with Crippen molar-refractivity contribution in [3.05, 3.63) is 47.8 Å². The summed E-state index contributed by atoms with van der Waals surface area (Å²) >= 11 is 0. The van der Waals surface area contributed by atoms with E-state index in [0.717, 1.165) is 28.9 Å². The van der Waals surface area contributed by atoms with Crippen molar-refractivity contribution in [3.8, 4) is 16.9 Å². The van der Waals surface area contributed by atoms with Crippen molar-refractivity contribution in [2.45, 2.75) is 26.9 Å². The molecule has 0 atom stereocenters. The molecule has 19 heavy (non-hydrogen) atoms. The molecule has 0 aliphatic carbocycles. The summed E-state index contributed by atoms with van der Waals surface area (Å²) in [6.07, 6.45) is 2.73. The normalized spacial score (nSPS) is 10.5. The van der Waals surface area contributed by atoms with E-state index < -0.39 is 0 Å². The molecule has 0 bridgehead atoms. The molecule has 0 N–H and O–H groups in total. The third kappa shape index (κ3) is 3.19. The van der Waals surface area contributed by atoms with Gasteiger partial charge in [-0.3, -0.25) is 9.78 Å². The minimum absolute atomic E-state index is 0.103. The lowest BCUT2D eigenvalue weighted by Crippen LogP contribution is -2.05. The van der Waals surface area contributed by atoms with Crippen LogP contribution in [0.1, 0.15) is 29.9 Å². The van der Waals surface area contributed by atoms with Gasteiger partial charge in [0.05, 0.1) is 6.10 Å². The number of aldehydes is 1. The number of aromatic nitrogens is 1. The Morgan fingerprint density at radius 1 is 1.21 bits per heavy atom. The monoisotopic (exact) mass is 255 g/mol. The number of pyridine rings is 1. The third-order valence-corrected chi connectivity index (χ3v) is 2.75. The third-order valence-electron chi connectivity index (χ3n) is 2.75. The summed E-state index contributed by atoms with van der Waals surface area (Å²) in [7, 11) is 0. The van der Waals surface area contributed by atoms with E-state index in [-0.39, 0.29) is 6.10 Å². The van der Waals surface area contributed by atoms with Crippen LogP contribution < -0.4 is 4.74 Å². The molecule has 3 heteroatoms. The highest BCUT2D eigenvalue weighted by Crippen LogP contribution is 2.27. The number of carbonyl (C=O) groups is 1. The highest BCUT2D eigenvalue weighted by atomic mass is 16.5. The molecule has 0 aliphatic heterocycles. The van der Waals surface area contributed by atoms with Gasteiger partial charge < -0.3 is 4.74 Å². The molecule has 98 valence electrons. The van der Waals surface area contributed by atoms with Crippen molar-refractivity contribution in [3.63, 3.8) is 0 Å². The van der Waals surface area contributed by atoms with Crippen LogP contribution in [0, 0.1) is 6.92 Å². The lowest BCUT2D eigenvalue weighted by atomic mass is 10.0. The van der Waals surface area contributed by atoms with Gasteiger partial charge in [0.1, 0.15) is 5.75 Å². The molecular formula is C16H17NO2. The number of hydrogen-bond donors (Lipinski definition) is 0. The Morgan fingerprint density at radius 3 is 2.58 bits per heavy atom. The van der Waals surface area contributed by atoms with E-state index in [9.17, 15) is 4.79 Å². The van der Waals surface area contributed by atoms with Crippen LogP contribution in [0.3, 0.4) is 0 Å². The fraction of sp³-hybridized carbons (Fsp3) is 0.250. The van der Waals surface area contributed by atoms with E-state index >= 15 is 0 Å². The molecule has 0 aliphatic rings. The van der Waals surface area contributed by atoms with E-state index in [1.165, 1.54) is 0 Å². The van der Waals surface area contributed by atoms with E-state index in [4.69, 9.17) is 4.74 Å². The van der Waals surface area contributed by atoms with Crippen LogP contribution in [-0.4, -0.2) is 17.4 Å². The predicted octanol–water partition coefficient (Wildman–Crippen LogP) is 3.66. The van der Waals surface area contributed by atoms with E-state index in [1.54, 1.807) is 12.3 Å². The molecule has 1 aromatic carbocycles. The lowest BCUT2D eigenvalue weighted by molar-refractivity contribution is 0.112. The zero-order valence-electron chi connectivity index (χ0n) is 11.4. The molecule has 2 aromatic rings. The van der Waals surface area contributed by atoms with E-state index in [1.807, 2.05) is 45.0 Å². The van der Waals surface area contributed by atoms with Crippen molar-refractivity contribution in [2.75, 3.05) is 0 Å². The molecule has 0 saturated carbocycles. The number of hydrogen-bond acceptors (Lipinski definition) is 3. The van der Waals surface area contributed by atoms with Crippen molar-refractivity contribution >= 4 is 6.29 Å². The zero-order chi connectivity index (χ0) is 13.8. The Labute approximate surface area is 113 Å². The first-order valence-electron chi connectivity index (χ1n) is 6.29. The number of benzene rings is 1. The van der Waals surface area contributed by atoms with Crippen LogP contribution in [0.4, 0.5) is 0 Å². The maximum absolute atomic E-state index is 11.1. The minimum Gasteiger partial charge on any atom is -0.491 e. The van der Waals surface area contributed by atoms with Crippen molar-refractivity contribution in [1.82, 2.24) is 4.98 Å². The first-order valence-corrected chi connectivity index (χ1v) is 6.29. The van der Waals surface area contributed by atoms with Crippen LogP contribution >= 0.6 is 0 Å². The Balaban J connectivity index is 2.46. The second kappa shape index (κ2) is 5.65. The van der Waals surface area contributed by atoms with Gasteiger partial charge in [0.2, 0.25) is 0 Å². The van der Waals surface area contributed by atoms with Gasteiger partial charge in [0.25, 0.3) is 0 Å². The number of aryl methyl sites for hydroxylation is 1. The second-order valence-corrected chi connectivity index (χ2v) is 4.72. The summed E-state index contributed by atoms with van der Waals surface area (Å²) in [6, 6.07) is 9.37. The summed E-state index contributed by atoms with van der Waals surface area (Å²) < 4.78 is 5.66. The van der Waals surface area contributed by atoms with Gasteiger partial charge in [-0.25, -0.2) is 0 Å². The van der Waals surface area contributed by atoms with Crippen LogP contribution in [-0.2, 0) is 0 Å². The SMILES string of the molecule is Cc1ccc(-c2cc(OC(C)C)ccc2C=O)cn1. The zero-order valence-corrected chi connectivity index (χ0v) is 11.4. The summed E-state index contributed by atoms with van der Waals surface area (Å²) in [4.78, 5) is 15.4. The van der Waals surface area contributed by atoms with E-state index in [2.05, 4.69) is 4.98 Å². The topological polar surface area (TPSA) is 39.2 Å². The number of rotatable bonds is 4. The molecule has 0 unspecified atom stereocenters. The fourth-order valence-electron chi connectivity index (χ4n) is 1.86. The summed E-state index contributed by atoms with van der Waals surface area (Å²) in [5, 5.41) is 0. The Bertz CT molecular complexity index is 574. The second-order valence-electron chi connectivity index (χ2n) is 4.72. The van der Waals surface area contributed by atoms with Crippen molar-refractivity contribution < 1.29 is 9.53 Å². The number of nitrogens with zero attached hydrogens (tertiary/aromatic N) is 1. The van der Waals surface area contributed by atoms with Crippen molar-refractivity contribution in [2.24, 2.45) is 0 Å². The molecular weight excluding hydrogens is 238 g/mol. The largest absolute Gasteiger partial charge is 0.491 e. The fourth-order valence-corrected chi connectivity index (χ4v) is 1.86. The number of carbonyl (C=O) groups excluding carboxylic acids is 1. The molecule has 0 saturated heterocycles. The van der Waals surface area contributed by atoms with Gasteiger partial charge in [-0.15, -0.1) is 0 Å². The minimum atomic E-state index is 0.103. The van der Waals surface area contributed by atoms with Crippen LogP contribution in [0.5, 0.6) is 5.75 Å². The average molecular weight is 255 g/mol. The van der Waals surface area contributed by atoms with Crippen LogP contribution in [0.2, 0.25) is 0 Å². The molecule has 1 heterocycles. The van der Waals surface area contributed by atoms with Gasteiger partial charge >= 0.3 is 0 Å². The molecule has 1 aromatic heterocycles. The molecule has 0 radical (unpaired) electrons. The van der Waals surface area contributed by atoms with Crippen LogP contribution in [0.25, 0.3) is 11.1 Å². The average Bonchev–Trinajstić information content (AvgIpc) is 2.39. The Kier molecular flexibility index (Phi) is 3.95. The maximum Gasteiger partial charge on any atom is 0.150 e. The van der Waals surface area contributed by atoms with E-state index in [0.29, 0.717) is 5.56 Å². The van der Waals surface area contributed by atoms with Gasteiger partial charge in [-0.1, -0.05) is 6.07 Å². The predicted molar refractivity (Wildman–Crippen MR) is 75.6 cm³/mol. The number of ether oxygens (including phenoxy) is 1. The summed E-state index contributed by atoms with van der Waals surface area (Å²) in [5.74, 6) is 0.760. The Hall–Kier alpha value is -2.16. The molecule has 3 nitrogen and oxygen atoms in total. The smallest absolute Gasteiger partial charge is 0.150 e. The quantitative estimate of drug-likeness (QED) is 0.783. The maximum atomic E-state index is 11.1. The first-order chi connectivity index (χ1) is 9.10. The standard InChI is InChI=1S/C16H17NO2/c1-11(2)19-15-7-6-14(10-18)16(8-15)13-5-4-12(3)17-9-13/h4-11H,1-3H3. The Morgan fingerprint density at radius 2 is 2.00 bits per heavy atom. The van der Waals surface area contributed by atoms with Gasteiger partial charge in [0.15, 0.2) is 6.29 Å². The van der Waals surface area contributed by atoms with Gasteiger partial charge in [-0.2, -0.15) is 0 Å². The highest BCUT2D eigenvalue weighted by molar-refractivity contribution is 5.88. The van der Waals surface area contributed by atoms with Crippen molar-refractivity contribution in [1.29, 1.82) is 0 Å². The molecule has 0 amide bonds. The summed E-state index contributed by atoms with van der Waals surface area (Å²) in [6.45, 7) is 5.88. The lowest BCUT2D eigenvalue weighted by Gasteiger charge is -2.12.